The maximum absolute atomic E-state index is 12.2. The fourth-order valence-electron chi connectivity index (χ4n) is 2.60. The molecule has 4 nitrogen and oxygen atoms in total. The number of hydrogen-bond donors (Lipinski definition) is 1. The highest BCUT2D eigenvalue weighted by molar-refractivity contribution is 5.92. The highest BCUT2D eigenvalue weighted by atomic mass is 16.1. The molecule has 0 unspecified atom stereocenters. The first kappa shape index (κ1) is 12.9. The minimum Gasteiger partial charge on any atom is -0.347 e. The van der Waals surface area contributed by atoms with Crippen LogP contribution in [0.25, 0.3) is 0 Å². The van der Waals surface area contributed by atoms with E-state index < -0.39 is 0 Å². The number of aryl methyl sites for hydroxylation is 3. The number of carbonyl (C=O) groups excluding carboxylic acids is 1. The Balaban J connectivity index is 1.67. The number of carbonyl (C=O) groups is 1. The molecular formula is C16H19N3O. The van der Waals surface area contributed by atoms with Gasteiger partial charge in [-0.1, -0.05) is 24.3 Å². The van der Waals surface area contributed by atoms with Gasteiger partial charge < -0.3 is 9.88 Å². The average Bonchev–Trinajstić information content (AvgIpc) is 2.90. The van der Waals surface area contributed by atoms with Crippen molar-refractivity contribution < 1.29 is 4.79 Å². The van der Waals surface area contributed by atoms with Gasteiger partial charge in [0.15, 0.2) is 0 Å². The molecule has 1 aliphatic rings. The Labute approximate surface area is 118 Å². The third-order valence-electron chi connectivity index (χ3n) is 3.84. The Kier molecular flexibility index (Phi) is 3.54. The van der Waals surface area contributed by atoms with Crippen molar-refractivity contribution in [2.24, 2.45) is 0 Å². The molecule has 20 heavy (non-hydrogen) atoms. The maximum atomic E-state index is 12.2. The van der Waals surface area contributed by atoms with Crippen LogP contribution in [-0.2, 0) is 19.5 Å². The van der Waals surface area contributed by atoms with E-state index in [0.717, 1.165) is 24.4 Å². The van der Waals surface area contributed by atoms with Crippen LogP contribution in [0.1, 0.15) is 40.3 Å². The van der Waals surface area contributed by atoms with Crippen molar-refractivity contribution >= 4 is 5.91 Å². The van der Waals surface area contributed by atoms with Gasteiger partial charge in [-0.25, -0.2) is 4.98 Å². The second-order valence-electron chi connectivity index (χ2n) is 5.30. The number of aromatic nitrogens is 2. The molecule has 1 aromatic heterocycles. The van der Waals surface area contributed by atoms with Crippen molar-refractivity contribution in [2.45, 2.75) is 39.3 Å². The van der Waals surface area contributed by atoms with Gasteiger partial charge in [0.2, 0.25) is 0 Å². The summed E-state index contributed by atoms with van der Waals surface area (Å²) in [6, 6.07) is 8.08. The largest absolute Gasteiger partial charge is 0.347 e. The molecule has 1 aromatic carbocycles. The molecule has 3 rings (SSSR count). The Morgan fingerprint density at radius 1 is 1.35 bits per heavy atom. The van der Waals surface area contributed by atoms with Gasteiger partial charge in [0, 0.05) is 25.7 Å². The lowest BCUT2D eigenvalue weighted by Crippen LogP contribution is -2.23. The average molecular weight is 269 g/mol. The minimum atomic E-state index is -0.0878. The second kappa shape index (κ2) is 5.49. The summed E-state index contributed by atoms with van der Waals surface area (Å²) in [5.41, 5.74) is 2.87. The van der Waals surface area contributed by atoms with Crippen molar-refractivity contribution in [3.8, 4) is 0 Å². The Morgan fingerprint density at radius 2 is 2.20 bits per heavy atom. The van der Waals surface area contributed by atoms with Crippen molar-refractivity contribution in [3.05, 3.63) is 53.1 Å². The number of amides is 1. The molecule has 1 aliphatic heterocycles. The van der Waals surface area contributed by atoms with Gasteiger partial charge >= 0.3 is 0 Å². The Bertz CT molecular complexity index is 607. The monoisotopic (exact) mass is 269 g/mol. The normalized spacial score (nSPS) is 13.8. The summed E-state index contributed by atoms with van der Waals surface area (Å²) in [4.78, 5) is 16.6. The van der Waals surface area contributed by atoms with E-state index in [1.54, 1.807) is 0 Å². The van der Waals surface area contributed by atoms with Crippen molar-refractivity contribution in [1.29, 1.82) is 0 Å². The maximum Gasteiger partial charge on any atom is 0.271 e. The van der Waals surface area contributed by atoms with Gasteiger partial charge in [0.05, 0.1) is 0 Å². The molecule has 0 saturated carbocycles. The summed E-state index contributed by atoms with van der Waals surface area (Å²) in [5.74, 6) is 0.951. The van der Waals surface area contributed by atoms with E-state index in [0.29, 0.717) is 12.2 Å². The molecule has 104 valence electrons. The van der Waals surface area contributed by atoms with Crippen LogP contribution in [0, 0.1) is 6.92 Å². The van der Waals surface area contributed by atoms with E-state index in [-0.39, 0.29) is 5.91 Å². The number of rotatable bonds is 3. The number of hydrogen-bond acceptors (Lipinski definition) is 2. The number of nitrogens with one attached hydrogen (secondary N) is 1. The molecule has 0 radical (unpaired) electrons. The fraction of sp³-hybridized carbons (Fsp3) is 0.375. The molecule has 2 aromatic rings. The van der Waals surface area contributed by atoms with Gasteiger partial charge in [0.25, 0.3) is 5.91 Å². The summed E-state index contributed by atoms with van der Waals surface area (Å²) in [6.07, 6.45) is 5.20. The van der Waals surface area contributed by atoms with Gasteiger partial charge in [0.1, 0.15) is 11.5 Å². The lowest BCUT2D eigenvalue weighted by atomic mass is 10.1. The number of benzene rings is 1. The van der Waals surface area contributed by atoms with Gasteiger partial charge in [-0.05, 0) is 30.9 Å². The third-order valence-corrected chi connectivity index (χ3v) is 3.84. The van der Waals surface area contributed by atoms with Crippen molar-refractivity contribution in [1.82, 2.24) is 14.9 Å². The second-order valence-corrected chi connectivity index (χ2v) is 5.30. The first-order chi connectivity index (χ1) is 9.74. The van der Waals surface area contributed by atoms with Crippen LogP contribution < -0.4 is 5.32 Å². The smallest absolute Gasteiger partial charge is 0.271 e. The third kappa shape index (κ3) is 2.59. The first-order valence-electron chi connectivity index (χ1n) is 7.13. The predicted molar refractivity (Wildman–Crippen MR) is 77.5 cm³/mol. The zero-order valence-corrected chi connectivity index (χ0v) is 11.7. The topological polar surface area (TPSA) is 46.9 Å². The van der Waals surface area contributed by atoms with E-state index in [2.05, 4.69) is 27.9 Å². The van der Waals surface area contributed by atoms with Crippen LogP contribution in [-0.4, -0.2) is 15.5 Å². The van der Waals surface area contributed by atoms with Gasteiger partial charge in [-0.15, -0.1) is 0 Å². The molecular weight excluding hydrogens is 250 g/mol. The summed E-state index contributed by atoms with van der Waals surface area (Å²) in [6.45, 7) is 3.58. The Morgan fingerprint density at radius 3 is 3.00 bits per heavy atom. The van der Waals surface area contributed by atoms with Crippen LogP contribution in [0.4, 0.5) is 0 Å². The highest BCUT2D eigenvalue weighted by Crippen LogP contribution is 2.14. The molecule has 0 spiro atoms. The molecule has 0 bridgehead atoms. The number of nitrogens with zero attached hydrogens (tertiary/aromatic N) is 2. The minimum absolute atomic E-state index is 0.0878. The molecule has 1 amide bonds. The van der Waals surface area contributed by atoms with Crippen LogP contribution >= 0.6 is 0 Å². The molecule has 0 aliphatic carbocycles. The molecule has 0 saturated heterocycles. The zero-order chi connectivity index (χ0) is 13.9. The molecule has 1 N–H and O–H groups in total. The summed E-state index contributed by atoms with van der Waals surface area (Å²) >= 11 is 0. The number of imidazole rings is 1. The van der Waals surface area contributed by atoms with E-state index in [9.17, 15) is 4.79 Å². The van der Waals surface area contributed by atoms with Crippen molar-refractivity contribution in [3.63, 3.8) is 0 Å². The highest BCUT2D eigenvalue weighted by Gasteiger charge is 2.16. The van der Waals surface area contributed by atoms with Gasteiger partial charge in [-0.3, -0.25) is 4.79 Å². The van der Waals surface area contributed by atoms with Crippen LogP contribution in [0.2, 0.25) is 0 Å². The Hall–Kier alpha value is -2.10. The van der Waals surface area contributed by atoms with E-state index in [1.165, 1.54) is 18.4 Å². The lowest BCUT2D eigenvalue weighted by molar-refractivity contribution is 0.0946. The first-order valence-corrected chi connectivity index (χ1v) is 7.13. The summed E-state index contributed by atoms with van der Waals surface area (Å²) in [7, 11) is 0. The zero-order valence-electron chi connectivity index (χ0n) is 11.7. The quantitative estimate of drug-likeness (QED) is 0.930. The molecule has 0 atom stereocenters. The molecule has 0 fully saturated rings. The van der Waals surface area contributed by atoms with Crippen LogP contribution in [0.15, 0.2) is 30.5 Å². The van der Waals surface area contributed by atoms with Crippen LogP contribution in [0.3, 0.4) is 0 Å². The summed E-state index contributed by atoms with van der Waals surface area (Å²) in [5, 5.41) is 2.95. The molecule has 2 heterocycles. The summed E-state index contributed by atoms with van der Waals surface area (Å²) < 4.78 is 2.10. The lowest BCUT2D eigenvalue weighted by Gasteiger charge is -2.11. The van der Waals surface area contributed by atoms with E-state index in [1.807, 2.05) is 24.4 Å². The molecule has 4 heteroatoms. The van der Waals surface area contributed by atoms with Gasteiger partial charge in [-0.2, -0.15) is 0 Å². The van der Waals surface area contributed by atoms with E-state index in [4.69, 9.17) is 0 Å². The predicted octanol–water partition coefficient (Wildman–Crippen LogP) is 2.46. The van der Waals surface area contributed by atoms with E-state index >= 15 is 0 Å². The SMILES string of the molecule is Cc1ccccc1CNC(=O)c1cn2c(n1)CCCC2. The van der Waals surface area contributed by atoms with Crippen LogP contribution in [0.5, 0.6) is 0 Å². The number of fused-ring (bicyclic) bond motifs is 1. The van der Waals surface area contributed by atoms with Crippen molar-refractivity contribution in [2.75, 3.05) is 0 Å². The fourth-order valence-corrected chi connectivity index (χ4v) is 2.60. The standard InChI is InChI=1S/C16H19N3O/c1-12-6-2-3-7-13(12)10-17-16(20)14-11-19-9-5-4-8-15(19)18-14/h2-3,6-7,11H,4-5,8-10H2,1H3,(H,17,20).